The fraction of sp³-hybridized carbons (Fsp3) is 0.250. The smallest absolute Gasteiger partial charge is 0.269 e. The van der Waals surface area contributed by atoms with Crippen LogP contribution in [-0.2, 0) is 13.1 Å². The number of rotatable bonds is 5. The van der Waals surface area contributed by atoms with Gasteiger partial charge in [0.2, 0.25) is 5.89 Å². The second-order valence-corrected chi connectivity index (χ2v) is 3.89. The molecule has 6 nitrogen and oxygen atoms in total. The van der Waals surface area contributed by atoms with Crippen molar-refractivity contribution < 1.29 is 9.34 Å². The van der Waals surface area contributed by atoms with Crippen LogP contribution in [0.1, 0.15) is 17.2 Å². The normalized spacial score (nSPS) is 10.5. The van der Waals surface area contributed by atoms with E-state index in [-0.39, 0.29) is 5.69 Å². The zero-order valence-corrected chi connectivity index (χ0v) is 9.92. The van der Waals surface area contributed by atoms with Crippen LogP contribution in [0.3, 0.4) is 0 Å². The largest absolute Gasteiger partial charge is 0.445 e. The predicted octanol–water partition coefficient (Wildman–Crippen LogP) is 2.18. The minimum absolute atomic E-state index is 0.0991. The Hall–Kier alpha value is -2.21. The van der Waals surface area contributed by atoms with Crippen LogP contribution in [0.15, 0.2) is 34.9 Å². The van der Waals surface area contributed by atoms with E-state index in [0.29, 0.717) is 19.0 Å². The first kappa shape index (κ1) is 12.3. The van der Waals surface area contributed by atoms with Crippen molar-refractivity contribution in [2.45, 2.75) is 20.0 Å². The van der Waals surface area contributed by atoms with Crippen molar-refractivity contribution in [3.8, 4) is 0 Å². The molecule has 0 bridgehead atoms. The average Bonchev–Trinajstić information content (AvgIpc) is 2.76. The van der Waals surface area contributed by atoms with Crippen LogP contribution in [0, 0.1) is 17.0 Å². The first-order chi connectivity index (χ1) is 8.65. The molecule has 18 heavy (non-hydrogen) atoms. The minimum Gasteiger partial charge on any atom is -0.445 e. The molecule has 94 valence electrons. The molecule has 1 heterocycles. The molecular weight excluding hydrogens is 234 g/mol. The maximum absolute atomic E-state index is 10.5. The molecule has 1 aromatic heterocycles. The third-order valence-electron chi connectivity index (χ3n) is 2.42. The number of hydrogen-bond donors (Lipinski definition) is 1. The van der Waals surface area contributed by atoms with Crippen molar-refractivity contribution in [1.82, 2.24) is 10.3 Å². The molecule has 0 aliphatic heterocycles. The maximum Gasteiger partial charge on any atom is 0.269 e. The summed E-state index contributed by atoms with van der Waals surface area (Å²) in [5, 5.41) is 13.6. The van der Waals surface area contributed by atoms with Gasteiger partial charge in [-0.05, 0) is 12.5 Å². The van der Waals surface area contributed by atoms with Gasteiger partial charge < -0.3 is 9.73 Å². The van der Waals surface area contributed by atoms with Gasteiger partial charge in [-0.15, -0.1) is 0 Å². The Labute approximate surface area is 104 Å². The lowest BCUT2D eigenvalue weighted by atomic mass is 10.2. The van der Waals surface area contributed by atoms with Gasteiger partial charge in [0, 0.05) is 18.7 Å². The number of aryl methyl sites for hydroxylation is 1. The standard InChI is InChI=1S/C12H13N3O3/c1-9-6-14-12(18-9)8-13-7-10-2-4-11(5-3-10)15(16)17/h2-6,13H,7-8H2,1H3. The fourth-order valence-corrected chi connectivity index (χ4v) is 1.53. The molecular formula is C12H13N3O3. The third kappa shape index (κ3) is 3.14. The molecule has 0 saturated carbocycles. The summed E-state index contributed by atoms with van der Waals surface area (Å²) in [6, 6.07) is 6.44. The van der Waals surface area contributed by atoms with Crippen molar-refractivity contribution in [3.05, 3.63) is 57.8 Å². The molecule has 0 saturated heterocycles. The Morgan fingerprint density at radius 3 is 2.61 bits per heavy atom. The molecule has 0 aliphatic carbocycles. The number of aromatic nitrogens is 1. The van der Waals surface area contributed by atoms with Gasteiger partial charge in [0.25, 0.3) is 5.69 Å². The van der Waals surface area contributed by atoms with Crippen molar-refractivity contribution in [3.63, 3.8) is 0 Å². The average molecular weight is 247 g/mol. The van der Waals surface area contributed by atoms with Crippen LogP contribution in [0.2, 0.25) is 0 Å². The van der Waals surface area contributed by atoms with Gasteiger partial charge in [0.05, 0.1) is 17.7 Å². The second-order valence-electron chi connectivity index (χ2n) is 3.89. The topological polar surface area (TPSA) is 81.2 Å². The number of oxazole rings is 1. The van der Waals surface area contributed by atoms with E-state index in [1.807, 2.05) is 6.92 Å². The highest BCUT2D eigenvalue weighted by molar-refractivity contribution is 5.32. The number of nitrogens with one attached hydrogen (secondary N) is 1. The Kier molecular flexibility index (Phi) is 3.69. The number of nitro benzene ring substituents is 1. The molecule has 0 aliphatic rings. The summed E-state index contributed by atoms with van der Waals surface area (Å²) >= 11 is 0. The molecule has 2 aromatic rings. The van der Waals surface area contributed by atoms with Gasteiger partial charge in [0.15, 0.2) is 0 Å². The van der Waals surface area contributed by atoms with Crippen LogP contribution in [-0.4, -0.2) is 9.91 Å². The molecule has 0 fully saturated rings. The van der Waals surface area contributed by atoms with E-state index in [1.54, 1.807) is 18.3 Å². The van der Waals surface area contributed by atoms with E-state index in [0.717, 1.165) is 11.3 Å². The fourth-order valence-electron chi connectivity index (χ4n) is 1.53. The first-order valence-corrected chi connectivity index (χ1v) is 5.50. The molecule has 1 aromatic carbocycles. The van der Waals surface area contributed by atoms with E-state index < -0.39 is 4.92 Å². The molecule has 2 rings (SSSR count). The highest BCUT2D eigenvalue weighted by atomic mass is 16.6. The van der Waals surface area contributed by atoms with Crippen molar-refractivity contribution >= 4 is 5.69 Å². The van der Waals surface area contributed by atoms with Crippen molar-refractivity contribution in [2.24, 2.45) is 0 Å². The molecule has 0 unspecified atom stereocenters. The van der Waals surface area contributed by atoms with Gasteiger partial charge in [0.1, 0.15) is 5.76 Å². The second kappa shape index (κ2) is 5.42. The highest BCUT2D eigenvalue weighted by Crippen LogP contribution is 2.11. The SMILES string of the molecule is Cc1cnc(CNCc2ccc([N+](=O)[O-])cc2)o1. The summed E-state index contributed by atoms with van der Waals surface area (Å²) in [4.78, 5) is 14.1. The predicted molar refractivity (Wildman–Crippen MR) is 64.9 cm³/mol. The monoisotopic (exact) mass is 247 g/mol. The Morgan fingerprint density at radius 1 is 1.33 bits per heavy atom. The third-order valence-corrected chi connectivity index (χ3v) is 2.42. The first-order valence-electron chi connectivity index (χ1n) is 5.50. The highest BCUT2D eigenvalue weighted by Gasteiger charge is 2.04. The van der Waals surface area contributed by atoms with Crippen LogP contribution >= 0.6 is 0 Å². The van der Waals surface area contributed by atoms with Gasteiger partial charge >= 0.3 is 0 Å². The van der Waals surface area contributed by atoms with E-state index in [9.17, 15) is 10.1 Å². The van der Waals surface area contributed by atoms with Crippen LogP contribution < -0.4 is 5.32 Å². The van der Waals surface area contributed by atoms with Gasteiger partial charge in [-0.2, -0.15) is 0 Å². The molecule has 0 radical (unpaired) electrons. The van der Waals surface area contributed by atoms with Crippen LogP contribution in [0.4, 0.5) is 5.69 Å². The molecule has 6 heteroatoms. The molecule has 1 N–H and O–H groups in total. The minimum atomic E-state index is -0.410. The maximum atomic E-state index is 10.5. The number of hydrogen-bond acceptors (Lipinski definition) is 5. The summed E-state index contributed by atoms with van der Waals surface area (Å²) in [5.41, 5.74) is 1.07. The quantitative estimate of drug-likeness (QED) is 0.647. The van der Waals surface area contributed by atoms with Crippen molar-refractivity contribution in [2.75, 3.05) is 0 Å². The van der Waals surface area contributed by atoms with Crippen LogP contribution in [0.25, 0.3) is 0 Å². The Bertz CT molecular complexity index is 534. The number of nitro groups is 1. The zero-order chi connectivity index (χ0) is 13.0. The van der Waals surface area contributed by atoms with Crippen LogP contribution in [0.5, 0.6) is 0 Å². The van der Waals surface area contributed by atoms with Gasteiger partial charge in [-0.25, -0.2) is 4.98 Å². The van der Waals surface area contributed by atoms with E-state index in [1.165, 1.54) is 12.1 Å². The van der Waals surface area contributed by atoms with E-state index >= 15 is 0 Å². The number of nitrogens with zero attached hydrogens (tertiary/aromatic N) is 2. The summed E-state index contributed by atoms with van der Waals surface area (Å²) in [6.07, 6.45) is 1.67. The summed E-state index contributed by atoms with van der Waals surface area (Å²) in [6.45, 7) is 2.98. The van der Waals surface area contributed by atoms with E-state index in [2.05, 4.69) is 10.3 Å². The Balaban J connectivity index is 1.85. The zero-order valence-electron chi connectivity index (χ0n) is 9.92. The molecule has 0 amide bonds. The van der Waals surface area contributed by atoms with E-state index in [4.69, 9.17) is 4.42 Å². The van der Waals surface area contributed by atoms with Crippen molar-refractivity contribution in [1.29, 1.82) is 0 Å². The van der Waals surface area contributed by atoms with Gasteiger partial charge in [-0.3, -0.25) is 10.1 Å². The lowest BCUT2D eigenvalue weighted by Gasteiger charge is -2.02. The summed E-state index contributed by atoms with van der Waals surface area (Å²) in [7, 11) is 0. The molecule has 0 spiro atoms. The number of non-ortho nitro benzene ring substituents is 1. The Morgan fingerprint density at radius 2 is 2.06 bits per heavy atom. The lowest BCUT2D eigenvalue weighted by Crippen LogP contribution is -2.12. The van der Waals surface area contributed by atoms with Gasteiger partial charge in [-0.1, -0.05) is 12.1 Å². The lowest BCUT2D eigenvalue weighted by molar-refractivity contribution is -0.384. The summed E-state index contributed by atoms with van der Waals surface area (Å²) in [5.74, 6) is 1.41. The molecule has 0 atom stereocenters. The summed E-state index contributed by atoms with van der Waals surface area (Å²) < 4.78 is 5.31. The number of benzene rings is 1.